The smallest absolute Gasteiger partial charge is 0.150 e. The molecule has 2 aromatic heterocycles. The Balaban J connectivity index is 1.94. The van der Waals surface area contributed by atoms with Crippen LogP contribution in [0.2, 0.25) is 0 Å². The molecular weight excluding hydrogens is 395 g/mol. The van der Waals surface area contributed by atoms with Crippen LogP contribution < -0.4 is 15.8 Å². The molecule has 0 radical (unpaired) electrons. The lowest BCUT2D eigenvalue weighted by Gasteiger charge is -2.22. The monoisotopic (exact) mass is 414 g/mol. The van der Waals surface area contributed by atoms with Gasteiger partial charge in [-0.25, -0.2) is 19.3 Å². The Morgan fingerprint density at radius 2 is 1.94 bits per heavy atom. The topological polar surface area (TPSA) is 110 Å². The van der Waals surface area contributed by atoms with Crippen molar-refractivity contribution < 1.29 is 9.13 Å². The van der Waals surface area contributed by atoms with Crippen LogP contribution in [-0.2, 0) is 0 Å². The molecule has 0 spiro atoms. The second-order valence-electron chi connectivity index (χ2n) is 6.89. The number of hydrogen-bond donors (Lipinski definition) is 2. The number of nitrogens with two attached hydrogens (primary N) is 1. The fraction of sp³-hybridized carbons (Fsp3) is 0.130. The maximum absolute atomic E-state index is 14.0. The average Bonchev–Trinajstić information content (AvgIpc) is 2.78. The molecular formula is C23H19FN6O. The summed E-state index contributed by atoms with van der Waals surface area (Å²) in [5.74, 6) is 0.541. The van der Waals surface area contributed by atoms with E-state index in [0.29, 0.717) is 28.2 Å². The van der Waals surface area contributed by atoms with E-state index in [2.05, 4.69) is 15.3 Å². The van der Waals surface area contributed by atoms with Crippen LogP contribution in [0.25, 0.3) is 22.0 Å². The summed E-state index contributed by atoms with van der Waals surface area (Å²) in [4.78, 5) is 12.8. The number of benzene rings is 2. The molecule has 0 saturated heterocycles. The first-order valence-electron chi connectivity index (χ1n) is 9.53. The molecule has 3 N–H and O–H groups in total. The standard InChI is InChI=1S/C23H19FN6O/c1-13(29-23-17(11-25)22(26)27-12-28-23)20-19(14-6-4-3-5-7-14)21(31-2)16-10-15(24)8-9-18(16)30-20/h3-10,12-13H,1-2H3,(H3,26,27,28,29)/t13-/m1/s1. The van der Waals surface area contributed by atoms with E-state index in [-0.39, 0.29) is 23.2 Å². The van der Waals surface area contributed by atoms with E-state index in [1.165, 1.54) is 18.5 Å². The first-order chi connectivity index (χ1) is 15.0. The maximum Gasteiger partial charge on any atom is 0.150 e. The Morgan fingerprint density at radius 3 is 2.65 bits per heavy atom. The molecule has 154 valence electrons. The number of anilines is 2. The van der Waals surface area contributed by atoms with Gasteiger partial charge in [-0.1, -0.05) is 30.3 Å². The predicted molar refractivity (Wildman–Crippen MR) is 117 cm³/mol. The van der Waals surface area contributed by atoms with Crippen molar-refractivity contribution >= 4 is 22.5 Å². The second-order valence-corrected chi connectivity index (χ2v) is 6.89. The number of ether oxygens (including phenoxy) is 1. The minimum absolute atomic E-state index is 0.0926. The Labute approximate surface area is 178 Å². The van der Waals surface area contributed by atoms with E-state index >= 15 is 0 Å². The molecule has 4 rings (SSSR count). The quantitative estimate of drug-likeness (QED) is 0.496. The van der Waals surface area contributed by atoms with Crippen LogP contribution in [0.5, 0.6) is 5.75 Å². The molecule has 31 heavy (non-hydrogen) atoms. The molecule has 2 aromatic carbocycles. The molecule has 0 aliphatic carbocycles. The summed E-state index contributed by atoms with van der Waals surface area (Å²) >= 11 is 0. The van der Waals surface area contributed by atoms with E-state index in [1.807, 2.05) is 43.3 Å². The van der Waals surface area contributed by atoms with Crippen LogP contribution in [0.3, 0.4) is 0 Å². The number of pyridine rings is 1. The van der Waals surface area contributed by atoms with Crippen LogP contribution in [-0.4, -0.2) is 22.1 Å². The number of halogens is 1. The average molecular weight is 414 g/mol. The first-order valence-corrected chi connectivity index (χ1v) is 9.53. The molecule has 2 heterocycles. The highest BCUT2D eigenvalue weighted by molar-refractivity contribution is 5.94. The van der Waals surface area contributed by atoms with E-state index < -0.39 is 0 Å². The van der Waals surface area contributed by atoms with Crippen LogP contribution in [0.4, 0.5) is 16.0 Å². The molecule has 0 aliphatic rings. The van der Waals surface area contributed by atoms with Gasteiger partial charge in [-0.2, -0.15) is 5.26 Å². The lowest BCUT2D eigenvalue weighted by molar-refractivity contribution is 0.420. The minimum atomic E-state index is -0.389. The molecule has 1 atom stereocenters. The Morgan fingerprint density at radius 1 is 1.16 bits per heavy atom. The molecule has 7 nitrogen and oxygen atoms in total. The number of aromatic nitrogens is 3. The number of fused-ring (bicyclic) bond motifs is 1. The molecule has 0 amide bonds. The summed E-state index contributed by atoms with van der Waals surface area (Å²) in [5, 5.41) is 13.2. The van der Waals surface area contributed by atoms with Gasteiger partial charge in [0.15, 0.2) is 0 Å². The SMILES string of the molecule is COc1c(-c2ccccc2)c([C@@H](C)Nc2ncnc(N)c2C#N)nc2ccc(F)cc12. The van der Waals surface area contributed by atoms with E-state index in [1.54, 1.807) is 13.2 Å². The summed E-state index contributed by atoms with van der Waals surface area (Å²) < 4.78 is 19.7. The van der Waals surface area contributed by atoms with Crippen LogP contribution in [0.15, 0.2) is 54.9 Å². The number of methoxy groups -OCH3 is 1. The van der Waals surface area contributed by atoms with Crippen molar-refractivity contribution in [2.45, 2.75) is 13.0 Å². The molecule has 0 unspecified atom stereocenters. The fourth-order valence-corrected chi connectivity index (χ4v) is 3.53. The highest BCUT2D eigenvalue weighted by Crippen LogP contribution is 2.41. The highest BCUT2D eigenvalue weighted by Gasteiger charge is 2.23. The number of nitrogen functional groups attached to an aromatic ring is 1. The molecule has 0 fully saturated rings. The van der Waals surface area contributed by atoms with E-state index in [4.69, 9.17) is 15.5 Å². The van der Waals surface area contributed by atoms with Crippen molar-refractivity contribution in [2.24, 2.45) is 0 Å². The van der Waals surface area contributed by atoms with E-state index in [0.717, 1.165) is 11.1 Å². The van der Waals surface area contributed by atoms with Gasteiger partial charge in [0.2, 0.25) is 0 Å². The van der Waals surface area contributed by atoms with E-state index in [9.17, 15) is 9.65 Å². The summed E-state index contributed by atoms with van der Waals surface area (Å²) in [6.45, 7) is 1.89. The predicted octanol–water partition coefficient (Wildman–Crippen LogP) is 4.47. The van der Waals surface area contributed by atoms with Crippen LogP contribution in [0, 0.1) is 17.1 Å². The number of nitrogens with zero attached hydrogens (tertiary/aromatic N) is 4. The number of nitrogens with one attached hydrogen (secondary N) is 1. The molecule has 4 aromatic rings. The van der Waals surface area contributed by atoms with Crippen molar-refractivity contribution in [1.29, 1.82) is 5.26 Å². The number of rotatable bonds is 5. The lowest BCUT2D eigenvalue weighted by Crippen LogP contribution is -2.14. The number of nitriles is 1. The second kappa shape index (κ2) is 8.24. The van der Waals surface area contributed by atoms with Crippen LogP contribution in [0.1, 0.15) is 24.2 Å². The molecule has 0 saturated carbocycles. The highest BCUT2D eigenvalue weighted by atomic mass is 19.1. The summed E-state index contributed by atoms with van der Waals surface area (Å²) in [5.41, 5.74) is 8.81. The zero-order valence-electron chi connectivity index (χ0n) is 16.9. The zero-order chi connectivity index (χ0) is 22.0. The normalized spacial score (nSPS) is 11.7. The van der Waals surface area contributed by atoms with Crippen molar-refractivity contribution in [3.05, 3.63) is 71.9 Å². The Hall–Kier alpha value is -4.25. The van der Waals surface area contributed by atoms with Gasteiger partial charge < -0.3 is 15.8 Å². The third kappa shape index (κ3) is 3.69. The van der Waals surface area contributed by atoms with Gasteiger partial charge in [0.25, 0.3) is 0 Å². The third-order valence-corrected chi connectivity index (χ3v) is 4.95. The van der Waals surface area contributed by atoms with Gasteiger partial charge in [0.1, 0.15) is 41.2 Å². The van der Waals surface area contributed by atoms with Crippen LogP contribution >= 0.6 is 0 Å². The Bertz CT molecular complexity index is 1300. The summed E-state index contributed by atoms with van der Waals surface area (Å²) in [6.07, 6.45) is 1.29. The third-order valence-electron chi connectivity index (χ3n) is 4.95. The Kier molecular flexibility index (Phi) is 5.33. The lowest BCUT2D eigenvalue weighted by atomic mass is 9.96. The molecule has 0 aliphatic heterocycles. The van der Waals surface area contributed by atoms with Crippen molar-refractivity contribution in [3.63, 3.8) is 0 Å². The largest absolute Gasteiger partial charge is 0.495 e. The van der Waals surface area contributed by atoms with Crippen molar-refractivity contribution in [2.75, 3.05) is 18.2 Å². The van der Waals surface area contributed by atoms with Crippen molar-refractivity contribution in [1.82, 2.24) is 15.0 Å². The van der Waals surface area contributed by atoms with Gasteiger partial charge in [-0.3, -0.25) is 0 Å². The summed E-state index contributed by atoms with van der Waals surface area (Å²) in [6, 6.07) is 15.6. The number of hydrogen-bond acceptors (Lipinski definition) is 7. The van der Waals surface area contributed by atoms with Gasteiger partial charge >= 0.3 is 0 Å². The zero-order valence-corrected chi connectivity index (χ0v) is 16.9. The van der Waals surface area contributed by atoms with Gasteiger partial charge in [0, 0.05) is 10.9 Å². The molecule has 8 heteroatoms. The van der Waals surface area contributed by atoms with Gasteiger partial charge in [0.05, 0.1) is 24.4 Å². The van der Waals surface area contributed by atoms with Gasteiger partial charge in [-0.15, -0.1) is 0 Å². The first kappa shape index (κ1) is 20.0. The van der Waals surface area contributed by atoms with Gasteiger partial charge in [-0.05, 0) is 30.7 Å². The molecule has 0 bridgehead atoms. The summed E-state index contributed by atoms with van der Waals surface area (Å²) in [7, 11) is 1.55. The minimum Gasteiger partial charge on any atom is -0.495 e. The maximum atomic E-state index is 14.0. The van der Waals surface area contributed by atoms with Crippen molar-refractivity contribution in [3.8, 4) is 22.9 Å². The fourth-order valence-electron chi connectivity index (χ4n) is 3.53.